The lowest BCUT2D eigenvalue weighted by molar-refractivity contribution is 0.0878. The molecule has 92 valence electrons. The van der Waals surface area contributed by atoms with Crippen molar-refractivity contribution < 1.29 is 6.85 Å². The Morgan fingerprint density at radius 2 is 1.71 bits per heavy atom. The van der Waals surface area contributed by atoms with Crippen molar-refractivity contribution in [2.24, 2.45) is 21.2 Å². The van der Waals surface area contributed by atoms with Crippen LogP contribution in [0.25, 0.3) is 0 Å². The van der Waals surface area contributed by atoms with Crippen LogP contribution in [0.1, 0.15) is 48.4 Å². The second-order valence-corrected chi connectivity index (χ2v) is 6.70. The van der Waals surface area contributed by atoms with Crippen molar-refractivity contribution in [3.05, 3.63) is 36.0 Å². The van der Waals surface area contributed by atoms with Crippen LogP contribution in [0.2, 0.25) is 0 Å². The molecule has 0 unspecified atom stereocenters. The minimum absolute atomic E-state index is 0.0579. The first-order valence-electron chi connectivity index (χ1n) is 8.45. The van der Waals surface area contributed by atoms with Crippen LogP contribution in [0, 0.1) is 16.2 Å². The molecule has 2 aliphatic rings. The molecule has 1 aliphatic heterocycles. The molecular weight excluding hydrogens is 206 g/mol. The van der Waals surface area contributed by atoms with Crippen LogP contribution in [0.5, 0.6) is 0 Å². The Morgan fingerprint density at radius 3 is 2.24 bits per heavy atom. The predicted molar refractivity (Wildman–Crippen MR) is 75.1 cm³/mol. The predicted octanol–water partition coefficient (Wildman–Crippen LogP) is 4.53. The molecule has 0 saturated carbocycles. The monoisotopic (exact) mass is 234 g/mol. The molecule has 1 nitrogen and oxygen atoms in total. The van der Waals surface area contributed by atoms with Gasteiger partial charge in [0.1, 0.15) is 0 Å². The number of aliphatic imine (C=N–C) groups is 1. The summed E-state index contributed by atoms with van der Waals surface area (Å²) < 4.78 is 40.9. The lowest BCUT2D eigenvalue weighted by Gasteiger charge is -2.53. The number of hydrogen-bond donors (Lipinski definition) is 0. The van der Waals surface area contributed by atoms with Gasteiger partial charge in [0.05, 0.1) is 12.6 Å². The molecule has 1 heteroatoms. The summed E-state index contributed by atoms with van der Waals surface area (Å²) in [5.41, 5.74) is -1.15. The lowest BCUT2D eigenvalue weighted by atomic mass is 9.50. The Morgan fingerprint density at radius 1 is 1.12 bits per heavy atom. The first kappa shape index (κ1) is 7.35. The van der Waals surface area contributed by atoms with E-state index in [4.69, 9.17) is 6.85 Å². The minimum Gasteiger partial charge on any atom is -0.260 e. The van der Waals surface area contributed by atoms with E-state index in [0.717, 1.165) is 0 Å². The molecule has 2 rings (SSSR count). The van der Waals surface area contributed by atoms with Crippen molar-refractivity contribution in [2.75, 3.05) is 0 Å². The first-order valence-corrected chi connectivity index (χ1v) is 5.95. The van der Waals surface area contributed by atoms with Crippen molar-refractivity contribution in [3.8, 4) is 0 Å². The zero-order valence-electron chi connectivity index (χ0n) is 16.4. The molecule has 0 aromatic carbocycles. The Balaban J connectivity index is 2.98. The smallest absolute Gasteiger partial charge is 0.0840 e. The van der Waals surface area contributed by atoms with Gasteiger partial charge in [0.25, 0.3) is 0 Å². The topological polar surface area (TPSA) is 12.4 Å². The van der Waals surface area contributed by atoms with Gasteiger partial charge < -0.3 is 0 Å². The molecule has 0 aromatic rings. The standard InChI is InChI=1S/C16H23N/c1-14(2,3)16(15(4,5)6)10-7-8-12-9-11-17-13(12)16/h7-11H,1-6H3/i7D,8D,9D,10D,11D. The molecule has 17 heavy (non-hydrogen) atoms. The average molecular weight is 234 g/mol. The van der Waals surface area contributed by atoms with Crippen LogP contribution < -0.4 is 0 Å². The van der Waals surface area contributed by atoms with Gasteiger partial charge in [-0.2, -0.15) is 0 Å². The molecule has 0 spiro atoms. The number of fused-ring (bicyclic) bond motifs is 1. The molecule has 1 heterocycles. The Hall–Kier alpha value is -1.11. The number of allylic oxidation sites excluding steroid dienone is 5. The summed E-state index contributed by atoms with van der Waals surface area (Å²) in [6, 6.07) is -0.393. The van der Waals surface area contributed by atoms with Crippen LogP contribution in [0.15, 0.2) is 40.9 Å². The summed E-state index contributed by atoms with van der Waals surface area (Å²) in [7, 11) is 0. The summed E-state index contributed by atoms with van der Waals surface area (Å²) in [6.07, 6.45) is -0.185. The van der Waals surface area contributed by atoms with Gasteiger partial charge in [0.15, 0.2) is 0 Å². The fourth-order valence-corrected chi connectivity index (χ4v) is 3.07. The summed E-state index contributed by atoms with van der Waals surface area (Å²) in [5.74, 6) is 0. The molecule has 0 saturated heterocycles. The van der Waals surface area contributed by atoms with E-state index in [2.05, 4.69) is 4.99 Å². The van der Waals surface area contributed by atoms with Crippen molar-refractivity contribution in [1.82, 2.24) is 0 Å². The van der Waals surface area contributed by atoms with Crippen LogP contribution in [-0.2, 0) is 0 Å². The average Bonchev–Trinajstić information content (AvgIpc) is 2.60. The molecule has 0 aromatic heterocycles. The van der Waals surface area contributed by atoms with E-state index in [0.29, 0.717) is 5.71 Å². The van der Waals surface area contributed by atoms with Crippen molar-refractivity contribution in [3.63, 3.8) is 0 Å². The maximum Gasteiger partial charge on any atom is 0.0840 e. The largest absolute Gasteiger partial charge is 0.260 e. The van der Waals surface area contributed by atoms with E-state index in [1.54, 1.807) is 0 Å². The van der Waals surface area contributed by atoms with E-state index in [-0.39, 0.29) is 36.0 Å². The Bertz CT molecular complexity index is 652. The molecule has 1 aliphatic carbocycles. The van der Waals surface area contributed by atoms with Gasteiger partial charge >= 0.3 is 0 Å². The van der Waals surface area contributed by atoms with Crippen molar-refractivity contribution >= 4 is 5.71 Å². The molecule has 0 bridgehead atoms. The third-order valence-electron chi connectivity index (χ3n) is 3.63. The van der Waals surface area contributed by atoms with Gasteiger partial charge in [0.2, 0.25) is 0 Å². The zero-order chi connectivity index (χ0) is 17.2. The second kappa shape index (κ2) is 3.44. The fraction of sp³-hybridized carbons (Fsp3) is 0.562. The van der Waals surface area contributed by atoms with Crippen LogP contribution in [0.4, 0.5) is 0 Å². The van der Waals surface area contributed by atoms with Gasteiger partial charge in [-0.1, -0.05) is 59.7 Å². The first-order chi connectivity index (χ1) is 9.78. The summed E-state index contributed by atoms with van der Waals surface area (Å²) in [6.45, 7) is 11.9. The normalized spacial score (nSPS) is 29.3. The number of hydrogen-bond acceptors (Lipinski definition) is 1. The second-order valence-electron chi connectivity index (χ2n) is 6.70. The Labute approximate surface area is 112 Å². The van der Waals surface area contributed by atoms with Crippen molar-refractivity contribution in [2.45, 2.75) is 41.5 Å². The van der Waals surface area contributed by atoms with Gasteiger partial charge in [0, 0.05) is 11.6 Å². The van der Waals surface area contributed by atoms with Crippen molar-refractivity contribution in [1.29, 1.82) is 0 Å². The molecule has 0 fully saturated rings. The maximum absolute atomic E-state index is 8.62. The molecule has 0 N–H and O–H groups in total. The van der Waals surface area contributed by atoms with Gasteiger partial charge in [-0.05, 0) is 22.5 Å². The van der Waals surface area contributed by atoms with Crippen LogP contribution >= 0.6 is 0 Å². The molecule has 0 amide bonds. The third-order valence-corrected chi connectivity index (χ3v) is 3.63. The van der Waals surface area contributed by atoms with Crippen LogP contribution in [0.3, 0.4) is 0 Å². The van der Waals surface area contributed by atoms with E-state index < -0.39 is 16.2 Å². The maximum atomic E-state index is 8.62. The zero-order valence-corrected chi connectivity index (χ0v) is 11.4. The van der Waals surface area contributed by atoms with Gasteiger partial charge in [-0.25, -0.2) is 0 Å². The van der Waals surface area contributed by atoms with Gasteiger partial charge in [-0.3, -0.25) is 4.99 Å². The highest BCUT2D eigenvalue weighted by molar-refractivity contribution is 6.11. The molecule has 0 atom stereocenters. The summed E-state index contributed by atoms with van der Waals surface area (Å²) in [4.78, 5) is 4.27. The van der Waals surface area contributed by atoms with Gasteiger partial charge in [-0.15, -0.1) is 0 Å². The number of rotatable bonds is 0. The highest BCUT2D eigenvalue weighted by Crippen LogP contribution is 2.56. The SMILES string of the molecule is [2H]C1=C([2H])C2=C([2H])C([2H])=C([2H])C(C(C)(C)C)(C(C)(C)C)C2=N1. The fourth-order valence-electron chi connectivity index (χ4n) is 3.07. The number of nitrogens with zero attached hydrogens (tertiary/aromatic N) is 1. The third kappa shape index (κ3) is 1.55. The van der Waals surface area contributed by atoms with E-state index in [1.807, 2.05) is 41.5 Å². The highest BCUT2D eigenvalue weighted by atomic mass is 14.8. The molecular formula is C16H23N. The quantitative estimate of drug-likeness (QED) is 0.584. The van der Waals surface area contributed by atoms with E-state index >= 15 is 0 Å². The summed E-state index contributed by atoms with van der Waals surface area (Å²) in [5, 5.41) is 0. The molecule has 0 radical (unpaired) electrons. The highest BCUT2D eigenvalue weighted by Gasteiger charge is 2.53. The minimum atomic E-state index is -0.925. The van der Waals surface area contributed by atoms with E-state index in [9.17, 15) is 0 Å². The van der Waals surface area contributed by atoms with Crippen LogP contribution in [-0.4, -0.2) is 5.71 Å². The Kier molecular flexibility index (Phi) is 1.49. The lowest BCUT2D eigenvalue weighted by Crippen LogP contribution is -2.51. The summed E-state index contributed by atoms with van der Waals surface area (Å²) >= 11 is 0. The van der Waals surface area contributed by atoms with E-state index in [1.165, 1.54) is 0 Å².